The van der Waals surface area contributed by atoms with Crippen LogP contribution in [-0.2, 0) is 4.79 Å². The van der Waals surface area contributed by atoms with E-state index < -0.39 is 0 Å². The highest BCUT2D eigenvalue weighted by molar-refractivity contribution is 5.78. The SMILES string of the molecule is CCCC1CCCC(CC)N1C(=O)C(C)C. The van der Waals surface area contributed by atoms with Gasteiger partial charge in [0.15, 0.2) is 0 Å². The molecule has 0 aromatic carbocycles. The molecule has 0 saturated carbocycles. The van der Waals surface area contributed by atoms with Crippen LogP contribution in [0.2, 0.25) is 0 Å². The Kier molecular flexibility index (Phi) is 5.30. The van der Waals surface area contributed by atoms with Gasteiger partial charge in [-0.05, 0) is 32.1 Å². The lowest BCUT2D eigenvalue weighted by Gasteiger charge is -2.43. The van der Waals surface area contributed by atoms with Crippen molar-refractivity contribution >= 4 is 5.91 Å². The van der Waals surface area contributed by atoms with Crippen LogP contribution in [0, 0.1) is 5.92 Å². The maximum absolute atomic E-state index is 12.3. The second-order valence-electron chi connectivity index (χ2n) is 5.34. The molecule has 1 aliphatic heterocycles. The maximum atomic E-state index is 12.3. The van der Waals surface area contributed by atoms with E-state index in [-0.39, 0.29) is 5.92 Å². The molecule has 1 amide bonds. The normalized spacial score (nSPS) is 26.2. The molecular weight excluding hydrogens is 198 g/mol. The van der Waals surface area contributed by atoms with Crippen molar-refractivity contribution in [2.45, 2.75) is 78.3 Å². The first-order valence-electron chi connectivity index (χ1n) is 6.93. The van der Waals surface area contributed by atoms with E-state index in [2.05, 4.69) is 18.7 Å². The Labute approximate surface area is 100 Å². The average Bonchev–Trinajstić information content (AvgIpc) is 2.28. The van der Waals surface area contributed by atoms with E-state index in [9.17, 15) is 4.79 Å². The number of piperidine rings is 1. The highest BCUT2D eigenvalue weighted by atomic mass is 16.2. The molecule has 1 rings (SSSR count). The Bertz CT molecular complexity index is 223. The highest BCUT2D eigenvalue weighted by Crippen LogP contribution is 2.29. The third-order valence-electron chi connectivity index (χ3n) is 3.70. The Hall–Kier alpha value is -0.530. The summed E-state index contributed by atoms with van der Waals surface area (Å²) in [7, 11) is 0. The van der Waals surface area contributed by atoms with E-state index in [4.69, 9.17) is 0 Å². The van der Waals surface area contributed by atoms with Gasteiger partial charge in [-0.15, -0.1) is 0 Å². The van der Waals surface area contributed by atoms with Gasteiger partial charge in [0.1, 0.15) is 0 Å². The van der Waals surface area contributed by atoms with Gasteiger partial charge < -0.3 is 4.90 Å². The molecule has 0 spiro atoms. The van der Waals surface area contributed by atoms with Gasteiger partial charge in [-0.3, -0.25) is 4.79 Å². The number of hydrogen-bond donors (Lipinski definition) is 0. The van der Waals surface area contributed by atoms with Gasteiger partial charge in [-0.25, -0.2) is 0 Å². The molecule has 0 bridgehead atoms. The van der Waals surface area contributed by atoms with Crippen LogP contribution in [0.5, 0.6) is 0 Å². The number of nitrogens with zero attached hydrogens (tertiary/aromatic N) is 1. The monoisotopic (exact) mass is 225 g/mol. The second-order valence-corrected chi connectivity index (χ2v) is 5.34. The first-order valence-corrected chi connectivity index (χ1v) is 6.93. The average molecular weight is 225 g/mol. The van der Waals surface area contributed by atoms with Crippen LogP contribution < -0.4 is 0 Å². The summed E-state index contributed by atoms with van der Waals surface area (Å²) in [6, 6.07) is 1.01. The zero-order valence-electron chi connectivity index (χ0n) is 11.3. The molecule has 0 aromatic heterocycles. The van der Waals surface area contributed by atoms with Crippen LogP contribution in [-0.4, -0.2) is 22.9 Å². The van der Waals surface area contributed by atoms with E-state index in [1.807, 2.05) is 13.8 Å². The van der Waals surface area contributed by atoms with Gasteiger partial charge in [0.2, 0.25) is 5.91 Å². The molecule has 94 valence electrons. The lowest BCUT2D eigenvalue weighted by molar-refractivity contribution is -0.142. The Morgan fingerprint density at radius 2 is 1.88 bits per heavy atom. The van der Waals surface area contributed by atoms with Crippen molar-refractivity contribution in [2.75, 3.05) is 0 Å². The van der Waals surface area contributed by atoms with Crippen LogP contribution in [0.1, 0.15) is 66.2 Å². The second kappa shape index (κ2) is 6.27. The summed E-state index contributed by atoms with van der Waals surface area (Å²) in [5.74, 6) is 0.511. The van der Waals surface area contributed by atoms with Crippen molar-refractivity contribution < 1.29 is 4.79 Å². The van der Waals surface area contributed by atoms with E-state index in [1.165, 1.54) is 32.1 Å². The smallest absolute Gasteiger partial charge is 0.225 e. The summed E-state index contributed by atoms with van der Waals surface area (Å²) in [5.41, 5.74) is 0. The van der Waals surface area contributed by atoms with Crippen molar-refractivity contribution in [1.29, 1.82) is 0 Å². The fourth-order valence-electron chi connectivity index (χ4n) is 2.84. The molecule has 1 saturated heterocycles. The molecular formula is C14H27NO. The third-order valence-corrected chi connectivity index (χ3v) is 3.70. The number of carbonyl (C=O) groups excluding carboxylic acids is 1. The van der Waals surface area contributed by atoms with Gasteiger partial charge in [-0.1, -0.05) is 34.1 Å². The molecule has 16 heavy (non-hydrogen) atoms. The molecule has 1 aliphatic rings. The molecule has 0 radical (unpaired) electrons. The van der Waals surface area contributed by atoms with E-state index >= 15 is 0 Å². The predicted molar refractivity (Wildman–Crippen MR) is 68.3 cm³/mol. The predicted octanol–water partition coefficient (Wildman–Crippen LogP) is 3.60. The minimum atomic E-state index is 0.145. The first-order chi connectivity index (χ1) is 7.61. The largest absolute Gasteiger partial charge is 0.337 e. The van der Waals surface area contributed by atoms with Gasteiger partial charge in [-0.2, -0.15) is 0 Å². The number of amides is 1. The summed E-state index contributed by atoms with van der Waals surface area (Å²) in [4.78, 5) is 14.5. The van der Waals surface area contributed by atoms with Crippen LogP contribution in [0.4, 0.5) is 0 Å². The molecule has 2 atom stereocenters. The van der Waals surface area contributed by atoms with Crippen molar-refractivity contribution in [3.05, 3.63) is 0 Å². The number of likely N-dealkylation sites (tertiary alicyclic amines) is 1. The van der Waals surface area contributed by atoms with Gasteiger partial charge in [0.25, 0.3) is 0 Å². The van der Waals surface area contributed by atoms with Gasteiger partial charge in [0, 0.05) is 18.0 Å². The van der Waals surface area contributed by atoms with Crippen molar-refractivity contribution in [3.8, 4) is 0 Å². The van der Waals surface area contributed by atoms with Crippen molar-refractivity contribution in [2.24, 2.45) is 5.92 Å². The van der Waals surface area contributed by atoms with Crippen molar-refractivity contribution in [3.63, 3.8) is 0 Å². The molecule has 1 heterocycles. The van der Waals surface area contributed by atoms with Crippen molar-refractivity contribution in [1.82, 2.24) is 4.90 Å². The number of carbonyl (C=O) groups is 1. The zero-order valence-corrected chi connectivity index (χ0v) is 11.3. The summed E-state index contributed by atoms with van der Waals surface area (Å²) in [6.45, 7) is 8.46. The lowest BCUT2D eigenvalue weighted by atomic mass is 9.90. The lowest BCUT2D eigenvalue weighted by Crippen LogP contribution is -2.51. The maximum Gasteiger partial charge on any atom is 0.225 e. The minimum Gasteiger partial charge on any atom is -0.337 e. The zero-order chi connectivity index (χ0) is 12.1. The summed E-state index contributed by atoms with van der Waals surface area (Å²) in [5, 5.41) is 0. The fraction of sp³-hybridized carbons (Fsp3) is 0.929. The Morgan fingerprint density at radius 1 is 1.25 bits per heavy atom. The fourth-order valence-corrected chi connectivity index (χ4v) is 2.84. The topological polar surface area (TPSA) is 20.3 Å². The van der Waals surface area contributed by atoms with Gasteiger partial charge >= 0.3 is 0 Å². The Morgan fingerprint density at radius 3 is 2.38 bits per heavy atom. The van der Waals surface area contributed by atoms with E-state index in [0.717, 1.165) is 6.42 Å². The summed E-state index contributed by atoms with van der Waals surface area (Å²) >= 11 is 0. The van der Waals surface area contributed by atoms with Gasteiger partial charge in [0.05, 0.1) is 0 Å². The van der Waals surface area contributed by atoms with Crippen LogP contribution in [0.15, 0.2) is 0 Å². The molecule has 0 aliphatic carbocycles. The molecule has 2 unspecified atom stereocenters. The highest BCUT2D eigenvalue weighted by Gasteiger charge is 2.33. The van der Waals surface area contributed by atoms with Crippen LogP contribution in [0.3, 0.4) is 0 Å². The van der Waals surface area contributed by atoms with Crippen LogP contribution in [0.25, 0.3) is 0 Å². The van der Waals surface area contributed by atoms with E-state index in [0.29, 0.717) is 18.0 Å². The summed E-state index contributed by atoms with van der Waals surface area (Å²) in [6.07, 6.45) is 7.18. The third kappa shape index (κ3) is 2.99. The quantitative estimate of drug-likeness (QED) is 0.716. The van der Waals surface area contributed by atoms with Crippen LogP contribution >= 0.6 is 0 Å². The molecule has 0 N–H and O–H groups in total. The molecule has 1 fully saturated rings. The van der Waals surface area contributed by atoms with E-state index in [1.54, 1.807) is 0 Å². The Balaban J connectivity index is 2.78. The minimum absolute atomic E-state index is 0.145. The number of rotatable bonds is 4. The molecule has 2 heteroatoms. The number of hydrogen-bond acceptors (Lipinski definition) is 1. The standard InChI is InChI=1S/C14H27NO/c1-5-8-13-10-7-9-12(6-2)15(13)14(16)11(3)4/h11-13H,5-10H2,1-4H3. The molecule has 2 nitrogen and oxygen atoms in total. The first kappa shape index (κ1) is 13.5. The summed E-state index contributed by atoms with van der Waals surface area (Å²) < 4.78 is 0. The molecule has 0 aromatic rings.